The van der Waals surface area contributed by atoms with E-state index in [1.54, 1.807) is 0 Å². The highest BCUT2D eigenvalue weighted by Gasteiger charge is 2.65. The van der Waals surface area contributed by atoms with Gasteiger partial charge in [-0.2, -0.15) is 0 Å². The summed E-state index contributed by atoms with van der Waals surface area (Å²) in [6.45, 7) is 9.14. The lowest BCUT2D eigenvalue weighted by Gasteiger charge is -2.60. The van der Waals surface area contributed by atoms with Crippen LogP contribution in [-0.4, -0.2) is 21.8 Å². The number of carboxylic acid groups (broad SMARTS) is 1. The van der Waals surface area contributed by atoms with Crippen molar-refractivity contribution in [2.45, 2.75) is 84.7 Å². The molecule has 3 nitrogen and oxygen atoms in total. The molecule has 4 aliphatic carbocycles. The normalized spacial score (nSPS) is 48.6. The predicted octanol–water partition coefficient (Wildman–Crippen LogP) is 5.50. The number of hydrogen-bond acceptors (Lipinski definition) is 2. The third-order valence-electron chi connectivity index (χ3n) is 9.63. The molecule has 0 radical (unpaired) electrons. The molecule has 0 heterocycles. The number of rotatable bonds is 3. The Balaban J connectivity index is 1.77. The van der Waals surface area contributed by atoms with E-state index >= 15 is 0 Å². The predicted molar refractivity (Wildman–Crippen MR) is 111 cm³/mol. The summed E-state index contributed by atoms with van der Waals surface area (Å²) in [7, 11) is 0. The van der Waals surface area contributed by atoms with E-state index < -0.39 is 11.6 Å². The molecule has 0 aliphatic heterocycles. The molecule has 0 spiro atoms. The lowest BCUT2D eigenvalue weighted by molar-refractivity contribution is -0.158. The van der Waals surface area contributed by atoms with Crippen LogP contribution in [0.15, 0.2) is 29.0 Å². The van der Waals surface area contributed by atoms with Crippen LogP contribution >= 0.6 is 0 Å². The van der Waals surface area contributed by atoms with Gasteiger partial charge >= 0.3 is 5.97 Å². The highest BCUT2D eigenvalue weighted by Crippen LogP contribution is 2.69. The van der Waals surface area contributed by atoms with Gasteiger partial charge in [0.2, 0.25) is 0 Å². The minimum absolute atomic E-state index is 0.114. The summed E-state index contributed by atoms with van der Waals surface area (Å²) in [6, 6.07) is 0. The van der Waals surface area contributed by atoms with Crippen molar-refractivity contribution in [3.05, 3.63) is 29.0 Å². The molecule has 3 fully saturated rings. The van der Waals surface area contributed by atoms with Crippen LogP contribution in [0.25, 0.3) is 0 Å². The molecule has 4 rings (SSSR count). The SMILES string of the molecule is CC=C1C[C@@H]2[C@@H](CC[C@@]3(C)[C@H]2CCC3(O)CC(=O)O)[C@]2(C)C1=C=CCC2CC. The first-order valence-electron chi connectivity index (χ1n) is 11.3. The van der Waals surface area contributed by atoms with E-state index in [1.165, 1.54) is 17.6 Å². The second-order valence-electron chi connectivity index (χ2n) is 10.3. The summed E-state index contributed by atoms with van der Waals surface area (Å²) in [5, 5.41) is 20.8. The minimum Gasteiger partial charge on any atom is -0.481 e. The highest BCUT2D eigenvalue weighted by molar-refractivity contribution is 5.68. The zero-order valence-corrected chi connectivity index (χ0v) is 17.9. The number of fused-ring (bicyclic) bond motifs is 5. The molecule has 2 N–H and O–H groups in total. The molecule has 7 atom stereocenters. The molecule has 3 heteroatoms. The second-order valence-corrected chi connectivity index (χ2v) is 10.3. The van der Waals surface area contributed by atoms with Crippen LogP contribution in [0.1, 0.15) is 79.1 Å². The van der Waals surface area contributed by atoms with Gasteiger partial charge in [0.15, 0.2) is 0 Å². The molecule has 3 saturated carbocycles. The minimum atomic E-state index is -1.06. The smallest absolute Gasteiger partial charge is 0.306 e. The average molecular weight is 385 g/mol. The molecular formula is C25H36O3. The van der Waals surface area contributed by atoms with Crippen LogP contribution in [0.5, 0.6) is 0 Å². The van der Waals surface area contributed by atoms with E-state index in [-0.39, 0.29) is 17.3 Å². The van der Waals surface area contributed by atoms with Crippen LogP contribution in [0.2, 0.25) is 0 Å². The van der Waals surface area contributed by atoms with Gasteiger partial charge in [0.1, 0.15) is 0 Å². The van der Waals surface area contributed by atoms with Crippen molar-refractivity contribution in [2.75, 3.05) is 0 Å². The fraction of sp³-hybridized carbons (Fsp3) is 0.760. The Morgan fingerprint density at radius 2 is 2.00 bits per heavy atom. The Hall–Kier alpha value is -1.31. The van der Waals surface area contributed by atoms with Crippen molar-refractivity contribution >= 4 is 5.97 Å². The van der Waals surface area contributed by atoms with Gasteiger partial charge < -0.3 is 10.2 Å². The Kier molecular flexibility index (Phi) is 4.71. The van der Waals surface area contributed by atoms with Crippen molar-refractivity contribution in [1.82, 2.24) is 0 Å². The van der Waals surface area contributed by atoms with Gasteiger partial charge in [0.25, 0.3) is 0 Å². The van der Waals surface area contributed by atoms with Gasteiger partial charge in [-0.15, -0.1) is 5.73 Å². The van der Waals surface area contributed by atoms with Crippen LogP contribution < -0.4 is 0 Å². The van der Waals surface area contributed by atoms with Crippen LogP contribution in [0.4, 0.5) is 0 Å². The zero-order chi connectivity index (χ0) is 20.3. The van der Waals surface area contributed by atoms with Gasteiger partial charge in [0.05, 0.1) is 12.0 Å². The van der Waals surface area contributed by atoms with E-state index in [0.29, 0.717) is 30.1 Å². The fourth-order valence-corrected chi connectivity index (χ4v) is 8.01. The first-order chi connectivity index (χ1) is 13.2. The molecule has 0 aromatic rings. The molecule has 0 bridgehead atoms. The Morgan fingerprint density at radius 1 is 1.29 bits per heavy atom. The number of carbonyl (C=O) groups is 1. The number of hydrogen-bond donors (Lipinski definition) is 2. The quantitative estimate of drug-likeness (QED) is 0.632. The van der Waals surface area contributed by atoms with Crippen molar-refractivity contribution in [3.8, 4) is 0 Å². The number of aliphatic carboxylic acids is 1. The van der Waals surface area contributed by atoms with Crippen LogP contribution in [-0.2, 0) is 4.79 Å². The molecular weight excluding hydrogens is 348 g/mol. The summed E-state index contributed by atoms with van der Waals surface area (Å²) in [6.07, 6.45) is 11.4. The number of aliphatic hydroxyl groups is 1. The first kappa shape index (κ1) is 20.0. The number of carboxylic acids is 1. The molecule has 0 amide bonds. The molecule has 0 aromatic carbocycles. The largest absolute Gasteiger partial charge is 0.481 e. The van der Waals surface area contributed by atoms with E-state index in [2.05, 4.69) is 45.6 Å². The van der Waals surface area contributed by atoms with Crippen molar-refractivity contribution < 1.29 is 15.0 Å². The number of allylic oxidation sites excluding steroid dienone is 3. The standard InChI is InChI=1S/C25H36O3/c1-5-16-14-18-20-11-13-25(28,15-22(26)27)23(20,3)12-10-21(18)24(4)17(6-2)8-7-9-19(16)24/h5,7,17-18,20-21,28H,6,8,10-15H2,1-4H3,(H,26,27)/t17?,18-,20-,21+,23-,24-,25?/m0/s1. The summed E-state index contributed by atoms with van der Waals surface area (Å²) < 4.78 is 0. The van der Waals surface area contributed by atoms with Crippen LogP contribution in [0.3, 0.4) is 0 Å². The lowest BCUT2D eigenvalue weighted by Crippen LogP contribution is -2.56. The van der Waals surface area contributed by atoms with Crippen LogP contribution in [0, 0.1) is 34.5 Å². The third kappa shape index (κ3) is 2.48. The summed E-state index contributed by atoms with van der Waals surface area (Å²) in [4.78, 5) is 11.5. The topological polar surface area (TPSA) is 57.5 Å². The Morgan fingerprint density at radius 3 is 2.64 bits per heavy atom. The maximum Gasteiger partial charge on any atom is 0.306 e. The maximum atomic E-state index is 11.5. The van der Waals surface area contributed by atoms with E-state index in [1.807, 2.05) is 0 Å². The van der Waals surface area contributed by atoms with E-state index in [9.17, 15) is 15.0 Å². The zero-order valence-electron chi connectivity index (χ0n) is 17.9. The fourth-order valence-electron chi connectivity index (χ4n) is 8.01. The summed E-state index contributed by atoms with van der Waals surface area (Å²) in [5.41, 5.74) is 5.37. The molecule has 154 valence electrons. The third-order valence-corrected chi connectivity index (χ3v) is 9.63. The highest BCUT2D eigenvalue weighted by atomic mass is 16.4. The molecule has 2 unspecified atom stereocenters. The molecule has 0 aromatic heterocycles. The molecule has 28 heavy (non-hydrogen) atoms. The van der Waals surface area contributed by atoms with E-state index in [0.717, 1.165) is 32.1 Å². The van der Waals surface area contributed by atoms with E-state index in [4.69, 9.17) is 0 Å². The first-order valence-corrected chi connectivity index (χ1v) is 11.3. The lowest BCUT2D eigenvalue weighted by atomic mass is 9.44. The second kappa shape index (κ2) is 6.61. The average Bonchev–Trinajstić information content (AvgIpc) is 2.90. The monoisotopic (exact) mass is 384 g/mol. The summed E-state index contributed by atoms with van der Waals surface area (Å²) in [5.74, 6) is 1.34. The van der Waals surface area contributed by atoms with Gasteiger partial charge in [0, 0.05) is 11.0 Å². The van der Waals surface area contributed by atoms with Crippen molar-refractivity contribution in [2.24, 2.45) is 34.5 Å². The van der Waals surface area contributed by atoms with Crippen molar-refractivity contribution in [3.63, 3.8) is 0 Å². The molecule has 4 aliphatic rings. The Bertz CT molecular complexity index is 773. The van der Waals surface area contributed by atoms with Crippen molar-refractivity contribution in [1.29, 1.82) is 0 Å². The van der Waals surface area contributed by atoms with Gasteiger partial charge in [-0.1, -0.05) is 33.3 Å². The Labute approximate surface area is 169 Å². The summed E-state index contributed by atoms with van der Waals surface area (Å²) >= 11 is 0. The maximum absolute atomic E-state index is 11.5. The van der Waals surface area contributed by atoms with Gasteiger partial charge in [-0.3, -0.25) is 4.79 Å². The van der Waals surface area contributed by atoms with Gasteiger partial charge in [-0.25, -0.2) is 0 Å². The van der Waals surface area contributed by atoms with Gasteiger partial charge in [-0.05, 0) is 86.2 Å². The molecule has 0 saturated heterocycles.